The van der Waals surface area contributed by atoms with E-state index in [1.807, 2.05) is 6.92 Å². The lowest BCUT2D eigenvalue weighted by atomic mass is 10.1. The molecule has 0 aromatic rings. The van der Waals surface area contributed by atoms with Gasteiger partial charge in [0.2, 0.25) is 5.91 Å². The highest BCUT2D eigenvalue weighted by Gasteiger charge is 2.32. The Kier molecular flexibility index (Phi) is 6.10. The molecule has 1 fully saturated rings. The predicted octanol–water partition coefficient (Wildman–Crippen LogP) is 1.26. The van der Waals surface area contributed by atoms with Crippen LogP contribution in [0.5, 0.6) is 0 Å². The van der Waals surface area contributed by atoms with Crippen molar-refractivity contribution in [3.05, 3.63) is 0 Å². The standard InChI is InChI=1S/C11H21NO2S/c1-9(10-3-4-10)11(14)12-5-8-15-7-2-6-13/h9-10,13H,2-8H2,1H3,(H,12,14). The second-order valence-electron chi connectivity index (χ2n) is 4.11. The Labute approximate surface area is 96.0 Å². The van der Waals surface area contributed by atoms with Gasteiger partial charge in [0, 0.05) is 24.8 Å². The molecule has 4 heteroatoms. The molecule has 1 aliphatic rings. The molecule has 0 heterocycles. The largest absolute Gasteiger partial charge is 0.396 e. The number of nitrogens with one attached hydrogen (secondary N) is 1. The van der Waals surface area contributed by atoms with E-state index in [1.54, 1.807) is 11.8 Å². The molecule has 1 unspecified atom stereocenters. The zero-order valence-electron chi connectivity index (χ0n) is 9.37. The molecule has 15 heavy (non-hydrogen) atoms. The summed E-state index contributed by atoms with van der Waals surface area (Å²) < 4.78 is 0. The summed E-state index contributed by atoms with van der Waals surface area (Å²) in [5.41, 5.74) is 0. The Morgan fingerprint density at radius 1 is 1.53 bits per heavy atom. The smallest absolute Gasteiger partial charge is 0.223 e. The molecule has 1 rings (SSSR count). The van der Waals surface area contributed by atoms with E-state index < -0.39 is 0 Å². The first-order valence-electron chi connectivity index (χ1n) is 5.72. The van der Waals surface area contributed by atoms with E-state index in [9.17, 15) is 4.79 Å². The Hall–Kier alpha value is -0.220. The number of aliphatic hydroxyl groups excluding tert-OH is 1. The summed E-state index contributed by atoms with van der Waals surface area (Å²) >= 11 is 1.78. The zero-order chi connectivity index (χ0) is 11.1. The summed E-state index contributed by atoms with van der Waals surface area (Å²) in [5, 5.41) is 11.5. The first-order valence-corrected chi connectivity index (χ1v) is 6.87. The molecule has 0 aliphatic heterocycles. The lowest BCUT2D eigenvalue weighted by Crippen LogP contribution is -2.31. The maximum Gasteiger partial charge on any atom is 0.223 e. The number of amides is 1. The summed E-state index contributed by atoms with van der Waals surface area (Å²) in [6.45, 7) is 3.04. The molecule has 0 bridgehead atoms. The minimum atomic E-state index is 0.201. The SMILES string of the molecule is CC(C(=O)NCCSCCCO)C1CC1. The quantitative estimate of drug-likeness (QED) is 0.618. The second-order valence-corrected chi connectivity index (χ2v) is 5.33. The molecular formula is C11H21NO2S. The van der Waals surface area contributed by atoms with Crippen LogP contribution >= 0.6 is 11.8 Å². The van der Waals surface area contributed by atoms with E-state index in [-0.39, 0.29) is 18.4 Å². The number of hydrogen-bond acceptors (Lipinski definition) is 3. The summed E-state index contributed by atoms with van der Waals surface area (Å²) in [6, 6.07) is 0. The molecule has 0 spiro atoms. The summed E-state index contributed by atoms with van der Waals surface area (Å²) in [6.07, 6.45) is 3.29. The van der Waals surface area contributed by atoms with E-state index >= 15 is 0 Å². The van der Waals surface area contributed by atoms with Crippen molar-refractivity contribution in [3.8, 4) is 0 Å². The van der Waals surface area contributed by atoms with Crippen LogP contribution < -0.4 is 5.32 Å². The zero-order valence-corrected chi connectivity index (χ0v) is 10.2. The van der Waals surface area contributed by atoms with E-state index in [1.165, 1.54) is 12.8 Å². The van der Waals surface area contributed by atoms with Crippen LogP contribution in [0.1, 0.15) is 26.2 Å². The van der Waals surface area contributed by atoms with Gasteiger partial charge in [0.25, 0.3) is 0 Å². The van der Waals surface area contributed by atoms with Crippen molar-refractivity contribution in [2.24, 2.45) is 11.8 Å². The van der Waals surface area contributed by atoms with Crippen LogP contribution in [0.25, 0.3) is 0 Å². The highest BCUT2D eigenvalue weighted by atomic mass is 32.2. The molecule has 3 nitrogen and oxygen atoms in total. The number of thioether (sulfide) groups is 1. The molecular weight excluding hydrogens is 210 g/mol. The van der Waals surface area contributed by atoms with Crippen LogP contribution in [-0.2, 0) is 4.79 Å². The van der Waals surface area contributed by atoms with Gasteiger partial charge in [-0.1, -0.05) is 6.92 Å². The number of rotatable bonds is 8. The van der Waals surface area contributed by atoms with E-state index in [2.05, 4.69) is 5.32 Å². The number of aliphatic hydroxyl groups is 1. The lowest BCUT2D eigenvalue weighted by molar-refractivity contribution is -0.124. The van der Waals surface area contributed by atoms with Gasteiger partial charge in [-0.05, 0) is 30.9 Å². The number of carbonyl (C=O) groups excluding carboxylic acids is 1. The minimum absolute atomic E-state index is 0.201. The van der Waals surface area contributed by atoms with Gasteiger partial charge in [0.15, 0.2) is 0 Å². The van der Waals surface area contributed by atoms with Crippen molar-refractivity contribution >= 4 is 17.7 Å². The van der Waals surface area contributed by atoms with Crippen LogP contribution in [0.2, 0.25) is 0 Å². The average Bonchev–Trinajstić information content (AvgIpc) is 3.05. The fourth-order valence-corrected chi connectivity index (χ4v) is 2.27. The maximum absolute atomic E-state index is 11.6. The number of hydrogen-bond donors (Lipinski definition) is 2. The molecule has 0 saturated heterocycles. The Bertz CT molecular complexity index is 195. The molecule has 1 aliphatic carbocycles. The van der Waals surface area contributed by atoms with Crippen molar-refractivity contribution in [2.75, 3.05) is 24.7 Å². The molecule has 0 aromatic heterocycles. The summed E-state index contributed by atoms with van der Waals surface area (Å²) in [4.78, 5) is 11.6. The molecule has 0 aromatic carbocycles. The van der Waals surface area contributed by atoms with Crippen molar-refractivity contribution in [1.82, 2.24) is 5.32 Å². The van der Waals surface area contributed by atoms with E-state index in [0.29, 0.717) is 5.92 Å². The van der Waals surface area contributed by atoms with Gasteiger partial charge < -0.3 is 10.4 Å². The molecule has 1 saturated carbocycles. The van der Waals surface area contributed by atoms with Crippen LogP contribution in [-0.4, -0.2) is 35.7 Å². The van der Waals surface area contributed by atoms with Gasteiger partial charge in [-0.3, -0.25) is 4.79 Å². The van der Waals surface area contributed by atoms with Gasteiger partial charge >= 0.3 is 0 Å². The van der Waals surface area contributed by atoms with Crippen LogP contribution in [0.4, 0.5) is 0 Å². The highest BCUT2D eigenvalue weighted by molar-refractivity contribution is 7.99. The highest BCUT2D eigenvalue weighted by Crippen LogP contribution is 2.36. The monoisotopic (exact) mass is 231 g/mol. The van der Waals surface area contributed by atoms with Gasteiger partial charge in [-0.25, -0.2) is 0 Å². The second kappa shape index (κ2) is 7.12. The van der Waals surface area contributed by atoms with Crippen LogP contribution in [0, 0.1) is 11.8 Å². The topological polar surface area (TPSA) is 49.3 Å². The van der Waals surface area contributed by atoms with E-state index in [4.69, 9.17) is 5.11 Å². The molecule has 1 amide bonds. The molecule has 0 radical (unpaired) electrons. The minimum Gasteiger partial charge on any atom is -0.396 e. The predicted molar refractivity (Wildman–Crippen MR) is 63.9 cm³/mol. The third-order valence-electron chi connectivity index (χ3n) is 2.74. The van der Waals surface area contributed by atoms with Crippen molar-refractivity contribution in [1.29, 1.82) is 0 Å². The molecule has 1 atom stereocenters. The lowest BCUT2D eigenvalue weighted by Gasteiger charge is -2.10. The Balaban J connectivity index is 1.92. The fourth-order valence-electron chi connectivity index (χ4n) is 1.49. The van der Waals surface area contributed by atoms with Crippen molar-refractivity contribution in [2.45, 2.75) is 26.2 Å². The first-order chi connectivity index (χ1) is 7.25. The van der Waals surface area contributed by atoms with E-state index in [0.717, 1.165) is 24.5 Å². The molecule has 2 N–H and O–H groups in total. The van der Waals surface area contributed by atoms with Crippen LogP contribution in [0.15, 0.2) is 0 Å². The van der Waals surface area contributed by atoms with Crippen molar-refractivity contribution in [3.63, 3.8) is 0 Å². The maximum atomic E-state index is 11.6. The normalized spacial score (nSPS) is 17.5. The average molecular weight is 231 g/mol. The Morgan fingerprint density at radius 3 is 2.87 bits per heavy atom. The molecule has 88 valence electrons. The van der Waals surface area contributed by atoms with Crippen molar-refractivity contribution < 1.29 is 9.90 Å². The first kappa shape index (κ1) is 12.8. The number of carbonyl (C=O) groups is 1. The van der Waals surface area contributed by atoms with Crippen LogP contribution in [0.3, 0.4) is 0 Å². The summed E-state index contributed by atoms with van der Waals surface area (Å²) in [7, 11) is 0. The van der Waals surface area contributed by atoms with Gasteiger partial charge in [0.1, 0.15) is 0 Å². The Morgan fingerprint density at radius 2 is 2.27 bits per heavy atom. The third-order valence-corrected chi connectivity index (χ3v) is 3.81. The third kappa shape index (κ3) is 5.42. The summed E-state index contributed by atoms with van der Waals surface area (Å²) in [5.74, 6) is 2.98. The van der Waals surface area contributed by atoms with Gasteiger partial charge in [0.05, 0.1) is 0 Å². The van der Waals surface area contributed by atoms with Gasteiger partial charge in [-0.2, -0.15) is 11.8 Å². The fraction of sp³-hybridized carbons (Fsp3) is 0.909. The van der Waals surface area contributed by atoms with Gasteiger partial charge in [-0.15, -0.1) is 0 Å².